The minimum Gasteiger partial charge on any atom is -0.372 e. The van der Waals surface area contributed by atoms with E-state index in [2.05, 4.69) is 76.0 Å². The fraction of sp³-hybridized carbons (Fsp3) is 0.600. The predicted octanol–water partition coefficient (Wildman–Crippen LogP) is 3.55. The average molecular weight is 468 g/mol. The second-order valence-corrected chi connectivity index (χ2v) is 9.78. The summed E-state index contributed by atoms with van der Waals surface area (Å²) < 4.78 is 7.96. The van der Waals surface area contributed by atoms with Crippen LogP contribution < -0.4 is 15.5 Å². The van der Waals surface area contributed by atoms with E-state index in [9.17, 15) is 4.79 Å². The lowest BCUT2D eigenvalue weighted by molar-refractivity contribution is -0.121. The zero-order valence-corrected chi connectivity index (χ0v) is 21.0. The van der Waals surface area contributed by atoms with Crippen LogP contribution in [0.3, 0.4) is 0 Å². The minimum atomic E-state index is 0.125. The Balaban J connectivity index is 1.47. The molecule has 1 saturated heterocycles. The molecule has 0 bridgehead atoms. The number of nitrogens with one attached hydrogen (secondary N) is 2. The number of aryl methyl sites for hydroxylation is 1. The van der Waals surface area contributed by atoms with Gasteiger partial charge in [-0.2, -0.15) is 0 Å². The molecule has 2 aromatic heterocycles. The van der Waals surface area contributed by atoms with Crippen molar-refractivity contribution in [2.45, 2.75) is 66.1 Å². The molecule has 9 nitrogen and oxygen atoms in total. The lowest BCUT2D eigenvalue weighted by Gasteiger charge is -2.36. The standard InChI is InChI=1S/C25H37N7O2/c1-16(2)12-23(33)26-10-6-7-11-27-24-25-30-29-19(5)32(25)22-9-8-20(13-21(22)28-24)31-14-17(3)34-18(4)15-31/h8-9,13,16-18H,6-7,10-12,14-15H2,1-5H3,(H,26,33)(H,27,28)/t17-,18+. The number of amides is 1. The van der Waals surface area contributed by atoms with Crippen molar-refractivity contribution in [2.24, 2.45) is 5.92 Å². The van der Waals surface area contributed by atoms with Gasteiger partial charge in [0, 0.05) is 38.3 Å². The van der Waals surface area contributed by atoms with Crippen molar-refractivity contribution in [3.8, 4) is 0 Å². The molecule has 34 heavy (non-hydrogen) atoms. The SMILES string of the molecule is Cc1nnc2c(NCCCCNC(=O)CC(C)C)nc3cc(N4C[C@@H](C)O[C@@H](C)C4)ccc3n12. The number of morpholine rings is 1. The van der Waals surface area contributed by atoms with Crippen LogP contribution in [0.5, 0.6) is 0 Å². The number of hydrogen-bond acceptors (Lipinski definition) is 7. The van der Waals surface area contributed by atoms with Crippen LogP contribution in [0.1, 0.15) is 52.8 Å². The molecule has 1 fully saturated rings. The van der Waals surface area contributed by atoms with E-state index in [1.165, 1.54) is 0 Å². The monoisotopic (exact) mass is 467 g/mol. The second-order valence-electron chi connectivity index (χ2n) is 9.78. The molecule has 0 spiro atoms. The number of rotatable bonds is 9. The zero-order chi connectivity index (χ0) is 24.2. The summed E-state index contributed by atoms with van der Waals surface area (Å²) in [6.45, 7) is 13.5. The van der Waals surface area contributed by atoms with E-state index >= 15 is 0 Å². The molecule has 1 aliphatic heterocycles. The van der Waals surface area contributed by atoms with Gasteiger partial charge in [0.25, 0.3) is 0 Å². The summed E-state index contributed by atoms with van der Waals surface area (Å²) in [6.07, 6.45) is 2.80. The fourth-order valence-electron chi connectivity index (χ4n) is 4.60. The zero-order valence-electron chi connectivity index (χ0n) is 21.0. The molecule has 184 valence electrons. The number of aromatic nitrogens is 4. The summed E-state index contributed by atoms with van der Waals surface area (Å²) in [5.74, 6) is 2.07. The Kier molecular flexibility index (Phi) is 7.50. The summed E-state index contributed by atoms with van der Waals surface area (Å²) in [4.78, 5) is 19.1. The Hall–Kier alpha value is -2.94. The van der Waals surface area contributed by atoms with Crippen molar-refractivity contribution in [1.82, 2.24) is 24.9 Å². The number of hydrogen-bond donors (Lipinski definition) is 2. The first-order chi connectivity index (χ1) is 16.3. The van der Waals surface area contributed by atoms with Crippen molar-refractivity contribution in [2.75, 3.05) is 36.4 Å². The number of anilines is 2. The van der Waals surface area contributed by atoms with Crippen LogP contribution in [-0.4, -0.2) is 63.9 Å². The molecule has 2 N–H and O–H groups in total. The van der Waals surface area contributed by atoms with E-state index in [0.29, 0.717) is 18.9 Å². The quantitative estimate of drug-likeness (QED) is 0.465. The van der Waals surface area contributed by atoms with Crippen LogP contribution in [0, 0.1) is 12.8 Å². The average Bonchev–Trinajstić information content (AvgIpc) is 3.16. The van der Waals surface area contributed by atoms with Crippen molar-refractivity contribution >= 4 is 34.1 Å². The maximum Gasteiger partial charge on any atom is 0.220 e. The third-order valence-corrected chi connectivity index (χ3v) is 6.07. The van der Waals surface area contributed by atoms with E-state index in [1.54, 1.807) is 0 Å². The van der Waals surface area contributed by atoms with Crippen molar-refractivity contribution in [3.05, 3.63) is 24.0 Å². The van der Waals surface area contributed by atoms with Crippen LogP contribution in [-0.2, 0) is 9.53 Å². The highest BCUT2D eigenvalue weighted by Crippen LogP contribution is 2.27. The van der Waals surface area contributed by atoms with Gasteiger partial charge in [-0.05, 0) is 57.7 Å². The summed E-state index contributed by atoms with van der Waals surface area (Å²) in [5, 5.41) is 15.1. The second kappa shape index (κ2) is 10.5. The van der Waals surface area contributed by atoms with Crippen LogP contribution >= 0.6 is 0 Å². The molecule has 0 aliphatic carbocycles. The molecule has 9 heteroatoms. The topological polar surface area (TPSA) is 96.7 Å². The third-order valence-electron chi connectivity index (χ3n) is 6.07. The Bertz CT molecular complexity index is 1130. The van der Waals surface area contributed by atoms with Crippen molar-refractivity contribution in [1.29, 1.82) is 0 Å². The Morgan fingerprint density at radius 2 is 1.88 bits per heavy atom. The number of unbranched alkanes of at least 4 members (excludes halogenated alkanes) is 1. The maximum absolute atomic E-state index is 11.8. The van der Waals surface area contributed by atoms with Gasteiger partial charge in [0.05, 0.1) is 23.2 Å². The maximum atomic E-state index is 11.8. The van der Waals surface area contributed by atoms with Gasteiger partial charge in [-0.1, -0.05) is 13.8 Å². The smallest absolute Gasteiger partial charge is 0.220 e. The highest BCUT2D eigenvalue weighted by molar-refractivity contribution is 5.85. The highest BCUT2D eigenvalue weighted by Gasteiger charge is 2.23. The number of nitrogens with zero attached hydrogens (tertiary/aromatic N) is 5. The van der Waals surface area contributed by atoms with Gasteiger partial charge in [0.15, 0.2) is 5.82 Å². The normalized spacial score (nSPS) is 18.7. The van der Waals surface area contributed by atoms with Gasteiger partial charge >= 0.3 is 0 Å². The van der Waals surface area contributed by atoms with Crippen LogP contribution in [0.25, 0.3) is 16.7 Å². The first-order valence-corrected chi connectivity index (χ1v) is 12.4. The summed E-state index contributed by atoms with van der Waals surface area (Å²) in [5.41, 5.74) is 3.78. The van der Waals surface area contributed by atoms with Gasteiger partial charge in [-0.3, -0.25) is 9.20 Å². The molecule has 1 aliphatic rings. The van der Waals surface area contributed by atoms with Crippen molar-refractivity contribution < 1.29 is 9.53 Å². The van der Waals surface area contributed by atoms with Crippen molar-refractivity contribution in [3.63, 3.8) is 0 Å². The van der Waals surface area contributed by atoms with Crippen LogP contribution in [0.4, 0.5) is 11.5 Å². The van der Waals surface area contributed by atoms with Gasteiger partial charge < -0.3 is 20.3 Å². The molecule has 1 aromatic carbocycles. The molecular weight excluding hydrogens is 430 g/mol. The molecule has 2 atom stereocenters. The summed E-state index contributed by atoms with van der Waals surface area (Å²) in [7, 11) is 0. The first kappa shape index (κ1) is 24.2. The first-order valence-electron chi connectivity index (χ1n) is 12.4. The Morgan fingerprint density at radius 3 is 2.62 bits per heavy atom. The summed E-state index contributed by atoms with van der Waals surface area (Å²) >= 11 is 0. The highest BCUT2D eigenvalue weighted by atomic mass is 16.5. The van der Waals surface area contributed by atoms with Gasteiger partial charge in [-0.25, -0.2) is 4.98 Å². The van der Waals surface area contributed by atoms with E-state index in [1.807, 2.05) is 6.92 Å². The molecule has 0 unspecified atom stereocenters. The Labute approximate surface area is 201 Å². The number of carbonyl (C=O) groups excluding carboxylic acids is 1. The third kappa shape index (κ3) is 5.58. The van der Waals surface area contributed by atoms with E-state index < -0.39 is 0 Å². The van der Waals surface area contributed by atoms with Gasteiger partial charge in [-0.15, -0.1) is 10.2 Å². The molecular formula is C25H37N7O2. The number of benzene rings is 1. The summed E-state index contributed by atoms with van der Waals surface area (Å²) in [6, 6.07) is 6.40. The molecule has 4 rings (SSSR count). The largest absolute Gasteiger partial charge is 0.372 e. The molecule has 3 heterocycles. The predicted molar refractivity (Wildman–Crippen MR) is 135 cm³/mol. The van der Waals surface area contributed by atoms with E-state index in [0.717, 1.165) is 66.5 Å². The van der Waals surface area contributed by atoms with Gasteiger partial charge in [0.2, 0.25) is 11.6 Å². The Morgan fingerprint density at radius 1 is 1.15 bits per heavy atom. The molecule has 0 radical (unpaired) electrons. The number of ether oxygens (including phenoxy) is 1. The number of fused-ring (bicyclic) bond motifs is 3. The lowest BCUT2D eigenvalue weighted by atomic mass is 10.1. The fourth-order valence-corrected chi connectivity index (χ4v) is 4.60. The van der Waals surface area contributed by atoms with E-state index in [4.69, 9.17) is 9.72 Å². The van der Waals surface area contributed by atoms with Gasteiger partial charge in [0.1, 0.15) is 5.82 Å². The van der Waals surface area contributed by atoms with Crippen LogP contribution in [0.2, 0.25) is 0 Å². The van der Waals surface area contributed by atoms with Crippen LogP contribution in [0.15, 0.2) is 18.2 Å². The number of carbonyl (C=O) groups is 1. The molecule has 1 amide bonds. The lowest BCUT2D eigenvalue weighted by Crippen LogP contribution is -2.45. The molecule has 0 saturated carbocycles. The molecule has 3 aromatic rings. The minimum absolute atomic E-state index is 0.125. The van der Waals surface area contributed by atoms with E-state index in [-0.39, 0.29) is 18.1 Å².